The second-order valence-electron chi connectivity index (χ2n) is 5.58. The maximum absolute atomic E-state index is 5.95. The third-order valence-corrected chi connectivity index (χ3v) is 6.00. The van der Waals surface area contributed by atoms with E-state index in [1.807, 2.05) is 0 Å². The highest BCUT2D eigenvalue weighted by Crippen LogP contribution is 2.20. The van der Waals surface area contributed by atoms with E-state index < -0.39 is 8.80 Å². The fourth-order valence-corrected chi connectivity index (χ4v) is 4.52. The Hall–Kier alpha value is 0.0969. The highest BCUT2D eigenvalue weighted by atomic mass is 28.4. The molecule has 0 atom stereocenters. The van der Waals surface area contributed by atoms with E-state index in [2.05, 4.69) is 27.7 Å². The molecule has 0 aliphatic carbocycles. The van der Waals surface area contributed by atoms with Crippen molar-refractivity contribution < 1.29 is 13.3 Å². The first-order chi connectivity index (χ1) is 9.10. The Morgan fingerprint density at radius 3 is 1.89 bits per heavy atom. The molecule has 0 rings (SSSR count). The summed E-state index contributed by atoms with van der Waals surface area (Å²) < 4.78 is 17.6. The zero-order valence-corrected chi connectivity index (χ0v) is 14.7. The lowest BCUT2D eigenvalue weighted by Crippen LogP contribution is -2.45. The predicted octanol–water partition coefficient (Wildman–Crippen LogP) is 4.64. The molecule has 0 N–H and O–H groups in total. The van der Waals surface area contributed by atoms with Crippen LogP contribution in [0.5, 0.6) is 0 Å². The summed E-state index contributed by atoms with van der Waals surface area (Å²) in [5.41, 5.74) is 0. The standard InChI is InChI=1S/C15H34O3Si/c1-6-12-17-19(16-5,18-13-7-2)14-10-8-9-11-15(3)4/h15H,6-14H2,1-5H3. The zero-order chi connectivity index (χ0) is 14.6. The van der Waals surface area contributed by atoms with Gasteiger partial charge in [-0.2, -0.15) is 0 Å². The van der Waals surface area contributed by atoms with Crippen LogP contribution >= 0.6 is 0 Å². The second kappa shape index (κ2) is 11.9. The SMILES string of the molecule is CCCO[Si](CCCCCC(C)C)(OC)OCCC. The molecule has 0 radical (unpaired) electrons. The minimum atomic E-state index is -2.39. The van der Waals surface area contributed by atoms with Crippen molar-refractivity contribution in [2.75, 3.05) is 20.3 Å². The molecule has 0 saturated heterocycles. The molecule has 0 bridgehead atoms. The van der Waals surface area contributed by atoms with Crippen LogP contribution in [0.2, 0.25) is 6.04 Å². The first kappa shape index (κ1) is 19.1. The minimum absolute atomic E-state index is 0.746. The third-order valence-electron chi connectivity index (χ3n) is 3.13. The summed E-state index contributed by atoms with van der Waals surface area (Å²) >= 11 is 0. The van der Waals surface area contributed by atoms with Gasteiger partial charge in [-0.3, -0.25) is 0 Å². The zero-order valence-electron chi connectivity index (χ0n) is 13.7. The average Bonchev–Trinajstić information content (AvgIpc) is 2.40. The van der Waals surface area contributed by atoms with Crippen molar-refractivity contribution in [1.82, 2.24) is 0 Å². The summed E-state index contributed by atoms with van der Waals surface area (Å²) in [7, 11) is -0.647. The molecule has 0 aliphatic rings. The number of hydrogen-bond acceptors (Lipinski definition) is 3. The third kappa shape index (κ3) is 9.60. The maximum Gasteiger partial charge on any atom is 0.500 e. The molecule has 0 spiro atoms. The van der Waals surface area contributed by atoms with Gasteiger partial charge in [0.25, 0.3) is 0 Å². The van der Waals surface area contributed by atoms with E-state index in [0.29, 0.717) is 0 Å². The molecule has 0 aromatic heterocycles. The van der Waals surface area contributed by atoms with Gasteiger partial charge in [0.15, 0.2) is 0 Å². The Bertz CT molecular complexity index is 190. The van der Waals surface area contributed by atoms with Crippen molar-refractivity contribution in [2.45, 2.75) is 72.3 Å². The summed E-state index contributed by atoms with van der Waals surface area (Å²) in [6.45, 7) is 10.3. The van der Waals surface area contributed by atoms with Gasteiger partial charge in [0.2, 0.25) is 0 Å². The Labute approximate surface area is 121 Å². The highest BCUT2D eigenvalue weighted by Gasteiger charge is 2.39. The van der Waals surface area contributed by atoms with Crippen LogP contribution in [-0.4, -0.2) is 29.1 Å². The van der Waals surface area contributed by atoms with Crippen LogP contribution in [0.3, 0.4) is 0 Å². The Balaban J connectivity index is 4.07. The quantitative estimate of drug-likeness (QED) is 0.365. The summed E-state index contributed by atoms with van der Waals surface area (Å²) in [5.74, 6) is 0.803. The molecule has 3 nitrogen and oxygen atoms in total. The van der Waals surface area contributed by atoms with Gasteiger partial charge >= 0.3 is 8.80 Å². The van der Waals surface area contributed by atoms with Crippen molar-refractivity contribution in [2.24, 2.45) is 5.92 Å². The van der Waals surface area contributed by atoms with E-state index in [1.54, 1.807) is 7.11 Å². The fraction of sp³-hybridized carbons (Fsp3) is 1.00. The lowest BCUT2D eigenvalue weighted by atomic mass is 10.1. The minimum Gasteiger partial charge on any atom is -0.377 e. The largest absolute Gasteiger partial charge is 0.500 e. The first-order valence-electron chi connectivity index (χ1n) is 7.93. The molecule has 0 aliphatic heterocycles. The van der Waals surface area contributed by atoms with Gasteiger partial charge in [-0.1, -0.05) is 47.0 Å². The van der Waals surface area contributed by atoms with Gasteiger partial charge in [0.1, 0.15) is 0 Å². The lowest BCUT2D eigenvalue weighted by molar-refractivity contribution is 0.0767. The lowest BCUT2D eigenvalue weighted by Gasteiger charge is -2.28. The van der Waals surface area contributed by atoms with Crippen LogP contribution < -0.4 is 0 Å². The second-order valence-corrected chi connectivity index (χ2v) is 8.43. The van der Waals surface area contributed by atoms with E-state index in [4.69, 9.17) is 13.3 Å². The molecule has 0 amide bonds. The number of hydrogen-bond donors (Lipinski definition) is 0. The first-order valence-corrected chi connectivity index (χ1v) is 9.86. The van der Waals surface area contributed by atoms with E-state index in [1.165, 1.54) is 19.3 Å². The van der Waals surface area contributed by atoms with E-state index in [9.17, 15) is 0 Å². The molecule has 0 unspecified atom stereocenters. The molecule has 0 heterocycles. The molecule has 0 saturated carbocycles. The van der Waals surface area contributed by atoms with Crippen molar-refractivity contribution in [3.05, 3.63) is 0 Å². The molecule has 0 aromatic carbocycles. The smallest absolute Gasteiger partial charge is 0.377 e. The van der Waals surface area contributed by atoms with Gasteiger partial charge in [-0.25, -0.2) is 0 Å². The van der Waals surface area contributed by atoms with Crippen LogP contribution in [0.4, 0.5) is 0 Å². The Morgan fingerprint density at radius 2 is 1.47 bits per heavy atom. The summed E-state index contributed by atoms with van der Waals surface area (Å²) in [5, 5.41) is 0. The van der Waals surface area contributed by atoms with Gasteiger partial charge in [-0.15, -0.1) is 0 Å². The van der Waals surface area contributed by atoms with E-state index in [-0.39, 0.29) is 0 Å². The van der Waals surface area contributed by atoms with Crippen molar-refractivity contribution >= 4 is 8.80 Å². The van der Waals surface area contributed by atoms with Crippen molar-refractivity contribution in [3.63, 3.8) is 0 Å². The van der Waals surface area contributed by atoms with Gasteiger partial charge < -0.3 is 13.3 Å². The molecular weight excluding hydrogens is 256 g/mol. The van der Waals surface area contributed by atoms with Gasteiger partial charge in [0.05, 0.1) is 0 Å². The number of rotatable bonds is 13. The molecule has 116 valence electrons. The van der Waals surface area contributed by atoms with Crippen molar-refractivity contribution in [1.29, 1.82) is 0 Å². The summed E-state index contributed by atoms with van der Waals surface area (Å²) in [6.07, 6.45) is 7.05. The predicted molar refractivity (Wildman–Crippen MR) is 83.4 cm³/mol. The van der Waals surface area contributed by atoms with Crippen LogP contribution in [0.15, 0.2) is 0 Å². The summed E-state index contributed by atoms with van der Waals surface area (Å²) in [6, 6.07) is 0.960. The van der Waals surface area contributed by atoms with E-state index >= 15 is 0 Å². The Morgan fingerprint density at radius 1 is 0.895 bits per heavy atom. The number of unbranched alkanes of at least 4 members (excludes halogenated alkanes) is 2. The van der Waals surface area contributed by atoms with Crippen LogP contribution in [-0.2, 0) is 13.3 Å². The average molecular weight is 291 g/mol. The Kier molecular flexibility index (Phi) is 11.9. The molecule has 4 heteroatoms. The van der Waals surface area contributed by atoms with Crippen LogP contribution in [0, 0.1) is 5.92 Å². The van der Waals surface area contributed by atoms with Crippen LogP contribution in [0.25, 0.3) is 0 Å². The molecule has 19 heavy (non-hydrogen) atoms. The van der Waals surface area contributed by atoms with Gasteiger partial charge in [0, 0.05) is 26.4 Å². The van der Waals surface area contributed by atoms with Crippen LogP contribution in [0.1, 0.15) is 66.2 Å². The maximum atomic E-state index is 5.95. The highest BCUT2D eigenvalue weighted by molar-refractivity contribution is 6.60. The summed E-state index contributed by atoms with van der Waals surface area (Å²) in [4.78, 5) is 0. The normalized spacial score (nSPS) is 12.3. The molecule has 0 aromatic rings. The van der Waals surface area contributed by atoms with Crippen molar-refractivity contribution in [3.8, 4) is 0 Å². The monoisotopic (exact) mass is 290 g/mol. The van der Waals surface area contributed by atoms with Gasteiger partial charge in [-0.05, 0) is 25.2 Å². The topological polar surface area (TPSA) is 27.7 Å². The van der Waals surface area contributed by atoms with E-state index in [0.717, 1.165) is 44.4 Å². The molecular formula is C15H34O3Si. The molecule has 0 fully saturated rings. The fourth-order valence-electron chi connectivity index (χ4n) is 1.99.